The van der Waals surface area contributed by atoms with Gasteiger partial charge in [0.2, 0.25) is 0 Å². The molecule has 0 aromatic rings. The van der Waals surface area contributed by atoms with Crippen LogP contribution < -0.4 is 5.32 Å². The molecule has 0 radical (unpaired) electrons. The minimum atomic E-state index is 0.486. The molecule has 3 nitrogen and oxygen atoms in total. The van der Waals surface area contributed by atoms with E-state index in [1.165, 1.54) is 19.5 Å². The Kier molecular flexibility index (Phi) is 4.20. The Balaban J connectivity index is 2.17. The van der Waals surface area contributed by atoms with Crippen LogP contribution in [0.5, 0.6) is 0 Å². The van der Waals surface area contributed by atoms with E-state index in [4.69, 9.17) is 5.26 Å². The van der Waals surface area contributed by atoms with Crippen molar-refractivity contribution in [2.75, 3.05) is 26.2 Å². The molecule has 1 unspecified atom stereocenters. The quantitative estimate of drug-likeness (QED) is 0.653. The summed E-state index contributed by atoms with van der Waals surface area (Å²) in [6.07, 6.45) is 1.19. The van der Waals surface area contributed by atoms with Gasteiger partial charge in [-0.25, -0.2) is 0 Å². The average molecular weight is 181 g/mol. The van der Waals surface area contributed by atoms with Crippen LogP contribution in [0.15, 0.2) is 0 Å². The van der Waals surface area contributed by atoms with Gasteiger partial charge in [-0.15, -0.1) is 0 Å². The fourth-order valence-corrected chi connectivity index (χ4v) is 1.87. The Morgan fingerprint density at radius 1 is 1.62 bits per heavy atom. The van der Waals surface area contributed by atoms with Crippen LogP contribution >= 0.6 is 0 Å². The first kappa shape index (κ1) is 10.5. The first-order valence-electron chi connectivity index (χ1n) is 5.05. The highest BCUT2D eigenvalue weighted by atomic mass is 15.2. The first-order chi connectivity index (χ1) is 6.22. The molecular formula is C10H19N3. The highest BCUT2D eigenvalue weighted by Gasteiger charge is 2.21. The largest absolute Gasteiger partial charge is 0.301 e. The molecule has 0 saturated carbocycles. The lowest BCUT2D eigenvalue weighted by atomic mass is 10.2. The van der Waals surface area contributed by atoms with Crippen molar-refractivity contribution in [1.29, 1.82) is 5.26 Å². The summed E-state index contributed by atoms with van der Waals surface area (Å²) in [6, 6.07) is 2.66. The van der Waals surface area contributed by atoms with Crippen molar-refractivity contribution < 1.29 is 0 Å². The van der Waals surface area contributed by atoms with Crippen molar-refractivity contribution in [2.45, 2.75) is 26.3 Å². The minimum absolute atomic E-state index is 0.486. The van der Waals surface area contributed by atoms with Gasteiger partial charge in [-0.2, -0.15) is 5.26 Å². The number of hydrogen-bond acceptors (Lipinski definition) is 3. The molecular weight excluding hydrogens is 162 g/mol. The van der Waals surface area contributed by atoms with Crippen LogP contribution in [0.1, 0.15) is 20.3 Å². The Morgan fingerprint density at radius 2 is 2.38 bits per heavy atom. The average Bonchev–Trinajstić information content (AvgIpc) is 2.48. The lowest BCUT2D eigenvalue weighted by Crippen LogP contribution is -2.33. The zero-order valence-electron chi connectivity index (χ0n) is 8.58. The van der Waals surface area contributed by atoms with Crippen LogP contribution in [0.2, 0.25) is 0 Å². The number of nitrogens with one attached hydrogen (secondary N) is 1. The number of nitrogens with zero attached hydrogens (tertiary/aromatic N) is 2. The summed E-state index contributed by atoms with van der Waals surface area (Å²) in [6.45, 7) is 8.46. The van der Waals surface area contributed by atoms with E-state index in [0.717, 1.165) is 12.5 Å². The van der Waals surface area contributed by atoms with E-state index >= 15 is 0 Å². The van der Waals surface area contributed by atoms with E-state index in [1.807, 2.05) is 0 Å². The van der Waals surface area contributed by atoms with Gasteiger partial charge in [0.1, 0.15) is 0 Å². The van der Waals surface area contributed by atoms with Gasteiger partial charge in [-0.05, 0) is 18.9 Å². The fraction of sp³-hybridized carbons (Fsp3) is 0.900. The molecule has 0 aliphatic carbocycles. The Morgan fingerprint density at radius 3 is 3.00 bits per heavy atom. The van der Waals surface area contributed by atoms with Gasteiger partial charge in [-0.3, -0.25) is 0 Å². The molecule has 1 N–H and O–H groups in total. The molecule has 1 saturated heterocycles. The molecule has 1 atom stereocenters. The van der Waals surface area contributed by atoms with E-state index in [-0.39, 0.29) is 0 Å². The third kappa shape index (κ3) is 3.75. The molecule has 1 fully saturated rings. The van der Waals surface area contributed by atoms with Crippen molar-refractivity contribution >= 4 is 0 Å². The molecule has 0 spiro atoms. The molecule has 1 rings (SSSR count). The van der Waals surface area contributed by atoms with Crippen molar-refractivity contribution in [3.63, 3.8) is 0 Å². The second-order valence-electron chi connectivity index (χ2n) is 4.18. The van der Waals surface area contributed by atoms with Gasteiger partial charge in [0.25, 0.3) is 0 Å². The van der Waals surface area contributed by atoms with Crippen LogP contribution in [0.25, 0.3) is 0 Å². The first-order valence-corrected chi connectivity index (χ1v) is 5.05. The fourth-order valence-electron chi connectivity index (χ4n) is 1.87. The minimum Gasteiger partial charge on any atom is -0.301 e. The van der Waals surface area contributed by atoms with Crippen LogP contribution in [-0.4, -0.2) is 37.1 Å². The summed E-state index contributed by atoms with van der Waals surface area (Å²) in [5.41, 5.74) is 0. The zero-order chi connectivity index (χ0) is 9.68. The lowest BCUT2D eigenvalue weighted by Gasteiger charge is -2.18. The lowest BCUT2D eigenvalue weighted by molar-refractivity contribution is 0.291. The number of rotatable bonds is 4. The van der Waals surface area contributed by atoms with Crippen molar-refractivity contribution in [2.24, 2.45) is 5.92 Å². The molecule has 0 aromatic heterocycles. The van der Waals surface area contributed by atoms with Gasteiger partial charge in [0.05, 0.1) is 12.6 Å². The molecule has 0 aromatic carbocycles. The van der Waals surface area contributed by atoms with Crippen molar-refractivity contribution in [3.8, 4) is 6.07 Å². The molecule has 1 heterocycles. The van der Waals surface area contributed by atoms with Gasteiger partial charge >= 0.3 is 0 Å². The topological polar surface area (TPSA) is 39.1 Å². The van der Waals surface area contributed by atoms with Gasteiger partial charge in [-0.1, -0.05) is 13.8 Å². The second-order valence-corrected chi connectivity index (χ2v) is 4.18. The van der Waals surface area contributed by atoms with Crippen LogP contribution in [0.4, 0.5) is 0 Å². The summed E-state index contributed by atoms with van der Waals surface area (Å²) < 4.78 is 0. The normalized spacial score (nSPS) is 23.7. The molecule has 1 aliphatic rings. The summed E-state index contributed by atoms with van der Waals surface area (Å²) in [7, 11) is 0. The molecule has 0 amide bonds. The van der Waals surface area contributed by atoms with Gasteiger partial charge in [0, 0.05) is 19.1 Å². The molecule has 13 heavy (non-hydrogen) atoms. The third-order valence-electron chi connectivity index (χ3n) is 2.37. The standard InChI is InChI=1S/C10H19N3/c1-9(2)7-13-6-3-10(8-13)12-5-4-11/h9-10,12H,3,5-8H2,1-2H3. The highest BCUT2D eigenvalue weighted by Crippen LogP contribution is 2.10. The van der Waals surface area contributed by atoms with Crippen molar-refractivity contribution in [1.82, 2.24) is 10.2 Å². The maximum absolute atomic E-state index is 8.41. The monoisotopic (exact) mass is 181 g/mol. The summed E-state index contributed by atoms with van der Waals surface area (Å²) in [5.74, 6) is 0.745. The molecule has 0 bridgehead atoms. The molecule has 1 aliphatic heterocycles. The van der Waals surface area contributed by atoms with E-state index in [9.17, 15) is 0 Å². The molecule has 74 valence electrons. The van der Waals surface area contributed by atoms with E-state index < -0.39 is 0 Å². The summed E-state index contributed by atoms with van der Waals surface area (Å²) >= 11 is 0. The summed E-state index contributed by atoms with van der Waals surface area (Å²) in [4.78, 5) is 2.47. The second kappa shape index (κ2) is 5.21. The van der Waals surface area contributed by atoms with Gasteiger partial charge < -0.3 is 10.2 Å². The Hall–Kier alpha value is -0.590. The zero-order valence-corrected chi connectivity index (χ0v) is 8.58. The maximum Gasteiger partial charge on any atom is 0.0843 e. The highest BCUT2D eigenvalue weighted by molar-refractivity contribution is 4.85. The number of likely N-dealkylation sites (tertiary alicyclic amines) is 1. The Bertz CT molecular complexity index is 183. The maximum atomic E-state index is 8.41. The van der Waals surface area contributed by atoms with Crippen LogP contribution in [-0.2, 0) is 0 Å². The molecule has 3 heteroatoms. The predicted molar refractivity (Wildman–Crippen MR) is 53.3 cm³/mol. The van der Waals surface area contributed by atoms with Crippen LogP contribution in [0, 0.1) is 17.2 Å². The van der Waals surface area contributed by atoms with Crippen molar-refractivity contribution in [3.05, 3.63) is 0 Å². The third-order valence-corrected chi connectivity index (χ3v) is 2.37. The Labute approximate surface area is 80.7 Å². The number of hydrogen-bond donors (Lipinski definition) is 1. The van der Waals surface area contributed by atoms with Crippen LogP contribution in [0.3, 0.4) is 0 Å². The SMILES string of the molecule is CC(C)CN1CCC(NCC#N)C1. The van der Waals surface area contributed by atoms with E-state index in [0.29, 0.717) is 12.6 Å². The van der Waals surface area contributed by atoms with E-state index in [1.54, 1.807) is 0 Å². The van der Waals surface area contributed by atoms with Gasteiger partial charge in [0.15, 0.2) is 0 Å². The van der Waals surface area contributed by atoms with E-state index in [2.05, 4.69) is 30.1 Å². The number of nitriles is 1. The summed E-state index contributed by atoms with van der Waals surface area (Å²) in [5, 5.41) is 11.6. The predicted octanol–water partition coefficient (Wildman–Crippen LogP) is 0.830. The smallest absolute Gasteiger partial charge is 0.0843 e.